The van der Waals surface area contributed by atoms with Gasteiger partial charge < -0.3 is 4.74 Å². The zero-order chi connectivity index (χ0) is 12.4. The molecule has 0 atom stereocenters. The largest absolute Gasteiger partial charge is 0.453 e. The van der Waals surface area contributed by atoms with Gasteiger partial charge in [0.15, 0.2) is 5.75 Å². The van der Waals surface area contributed by atoms with E-state index in [4.69, 9.17) is 10.00 Å². The van der Waals surface area contributed by atoms with Gasteiger partial charge in [-0.15, -0.1) is 0 Å². The molecule has 0 bridgehead atoms. The Morgan fingerprint density at radius 2 is 1.88 bits per heavy atom. The number of hydrogen-bond donors (Lipinski definition) is 0. The van der Waals surface area contributed by atoms with Crippen molar-refractivity contribution in [1.29, 1.82) is 5.26 Å². The molecule has 2 rings (SSSR count). The minimum atomic E-state index is 0.622. The van der Waals surface area contributed by atoms with E-state index in [2.05, 4.69) is 11.2 Å². The number of benzene rings is 1. The third kappa shape index (κ3) is 2.13. The van der Waals surface area contributed by atoms with Crippen molar-refractivity contribution in [2.75, 3.05) is 0 Å². The van der Waals surface area contributed by atoms with Gasteiger partial charge in [0.2, 0.25) is 0 Å². The van der Waals surface area contributed by atoms with Crippen LogP contribution in [0.3, 0.4) is 0 Å². The van der Waals surface area contributed by atoms with Crippen molar-refractivity contribution in [3.8, 4) is 17.6 Å². The summed E-state index contributed by atoms with van der Waals surface area (Å²) in [6.45, 7) is 3.87. The van der Waals surface area contributed by atoms with Crippen molar-refractivity contribution < 1.29 is 4.74 Å². The van der Waals surface area contributed by atoms with Gasteiger partial charge in [0.05, 0.1) is 17.3 Å². The monoisotopic (exact) mass is 227 g/mol. The highest BCUT2D eigenvalue weighted by Crippen LogP contribution is 2.27. The normalized spacial score (nSPS) is 10.0. The lowest BCUT2D eigenvalue weighted by atomic mass is 10.2. The predicted octanol–water partition coefficient (Wildman–Crippen LogP) is 2.70. The third-order valence-electron chi connectivity index (χ3n) is 2.65. The van der Waals surface area contributed by atoms with E-state index in [0.29, 0.717) is 11.3 Å². The quantitative estimate of drug-likeness (QED) is 0.792. The maximum Gasteiger partial charge on any atom is 0.171 e. The highest BCUT2D eigenvalue weighted by atomic mass is 16.5. The maximum atomic E-state index is 8.71. The van der Waals surface area contributed by atoms with Crippen LogP contribution in [0.25, 0.3) is 0 Å². The molecule has 0 radical (unpaired) electrons. The number of nitriles is 1. The van der Waals surface area contributed by atoms with Gasteiger partial charge in [-0.3, -0.25) is 4.68 Å². The molecule has 1 heterocycles. The molecule has 4 nitrogen and oxygen atoms in total. The number of nitrogens with zero attached hydrogens (tertiary/aromatic N) is 3. The fourth-order valence-electron chi connectivity index (χ4n) is 1.62. The SMILES string of the molecule is Cc1nn(C)c(C)c1Oc1ccc(C#N)cc1. The Bertz CT molecular complexity index is 576. The number of ether oxygens (including phenoxy) is 1. The fourth-order valence-corrected chi connectivity index (χ4v) is 1.62. The van der Waals surface area contributed by atoms with Gasteiger partial charge in [-0.05, 0) is 38.1 Å². The summed E-state index contributed by atoms with van der Waals surface area (Å²) in [7, 11) is 1.88. The van der Waals surface area contributed by atoms with Crippen molar-refractivity contribution in [2.45, 2.75) is 13.8 Å². The average molecular weight is 227 g/mol. The van der Waals surface area contributed by atoms with E-state index in [1.165, 1.54) is 0 Å². The summed E-state index contributed by atoms with van der Waals surface area (Å²) in [5.74, 6) is 1.49. The van der Waals surface area contributed by atoms with Gasteiger partial charge in [-0.2, -0.15) is 10.4 Å². The van der Waals surface area contributed by atoms with Crippen molar-refractivity contribution >= 4 is 0 Å². The summed E-state index contributed by atoms with van der Waals surface area (Å²) in [6.07, 6.45) is 0. The predicted molar refractivity (Wildman–Crippen MR) is 63.9 cm³/mol. The lowest BCUT2D eigenvalue weighted by Crippen LogP contribution is -1.93. The first kappa shape index (κ1) is 11.2. The van der Waals surface area contributed by atoms with Crippen LogP contribution in [0.1, 0.15) is 17.0 Å². The Morgan fingerprint density at radius 1 is 1.24 bits per heavy atom. The van der Waals surface area contributed by atoms with Crippen molar-refractivity contribution in [3.63, 3.8) is 0 Å². The average Bonchev–Trinajstić information content (AvgIpc) is 2.57. The molecule has 0 N–H and O–H groups in total. The van der Waals surface area contributed by atoms with E-state index in [9.17, 15) is 0 Å². The van der Waals surface area contributed by atoms with Crippen molar-refractivity contribution in [3.05, 3.63) is 41.2 Å². The van der Waals surface area contributed by atoms with E-state index in [1.807, 2.05) is 20.9 Å². The van der Waals surface area contributed by atoms with Crippen LogP contribution in [0.5, 0.6) is 11.5 Å². The summed E-state index contributed by atoms with van der Waals surface area (Å²) in [5.41, 5.74) is 2.46. The molecule has 1 aromatic carbocycles. The molecule has 0 aliphatic carbocycles. The summed E-state index contributed by atoms with van der Waals surface area (Å²) in [5, 5.41) is 13.0. The Hall–Kier alpha value is -2.28. The first-order valence-electron chi connectivity index (χ1n) is 5.30. The van der Waals surface area contributed by atoms with Crippen LogP contribution in [0.2, 0.25) is 0 Å². The van der Waals surface area contributed by atoms with Gasteiger partial charge in [0.1, 0.15) is 11.4 Å². The zero-order valence-electron chi connectivity index (χ0n) is 10.1. The smallest absolute Gasteiger partial charge is 0.171 e. The minimum Gasteiger partial charge on any atom is -0.453 e. The van der Waals surface area contributed by atoms with E-state index < -0.39 is 0 Å². The molecule has 4 heteroatoms. The summed E-state index contributed by atoms with van der Waals surface area (Å²) >= 11 is 0. The first-order chi connectivity index (χ1) is 8.11. The van der Waals surface area contributed by atoms with Crippen LogP contribution in [0, 0.1) is 25.2 Å². The van der Waals surface area contributed by atoms with E-state index in [0.717, 1.165) is 17.1 Å². The first-order valence-corrected chi connectivity index (χ1v) is 5.30. The van der Waals surface area contributed by atoms with Crippen LogP contribution in [-0.4, -0.2) is 9.78 Å². The van der Waals surface area contributed by atoms with E-state index in [-0.39, 0.29) is 0 Å². The summed E-state index contributed by atoms with van der Waals surface area (Å²) in [4.78, 5) is 0. The standard InChI is InChI=1S/C13H13N3O/c1-9-13(10(2)16(3)15-9)17-12-6-4-11(8-14)5-7-12/h4-7H,1-3H3. The minimum absolute atomic E-state index is 0.622. The molecule has 0 aliphatic heterocycles. The van der Waals surface area contributed by atoms with E-state index in [1.54, 1.807) is 28.9 Å². The second-order valence-corrected chi connectivity index (χ2v) is 3.86. The Balaban J connectivity index is 2.29. The fraction of sp³-hybridized carbons (Fsp3) is 0.231. The van der Waals surface area contributed by atoms with Crippen LogP contribution in [-0.2, 0) is 7.05 Å². The Kier molecular flexibility index (Phi) is 2.84. The second kappa shape index (κ2) is 4.30. The van der Waals surface area contributed by atoms with Crippen LogP contribution < -0.4 is 4.74 Å². The second-order valence-electron chi connectivity index (χ2n) is 3.86. The highest BCUT2D eigenvalue weighted by Gasteiger charge is 2.11. The number of rotatable bonds is 2. The van der Waals surface area contributed by atoms with Crippen LogP contribution >= 0.6 is 0 Å². The van der Waals surface area contributed by atoms with Gasteiger partial charge in [-0.25, -0.2) is 0 Å². The van der Waals surface area contributed by atoms with Gasteiger partial charge >= 0.3 is 0 Å². The molecule has 86 valence electrons. The highest BCUT2D eigenvalue weighted by molar-refractivity contribution is 5.40. The Morgan fingerprint density at radius 3 is 2.35 bits per heavy atom. The van der Waals surface area contributed by atoms with Crippen molar-refractivity contribution in [1.82, 2.24) is 9.78 Å². The van der Waals surface area contributed by atoms with E-state index >= 15 is 0 Å². The molecular formula is C13H13N3O. The summed E-state index contributed by atoms with van der Waals surface area (Å²) in [6, 6.07) is 9.10. The number of hydrogen-bond acceptors (Lipinski definition) is 3. The third-order valence-corrected chi connectivity index (χ3v) is 2.65. The van der Waals surface area contributed by atoms with Gasteiger partial charge in [0, 0.05) is 7.05 Å². The molecule has 2 aromatic rings. The maximum absolute atomic E-state index is 8.71. The molecule has 0 saturated heterocycles. The molecule has 0 aliphatic rings. The lowest BCUT2D eigenvalue weighted by molar-refractivity contribution is 0.474. The molecule has 1 aromatic heterocycles. The van der Waals surface area contributed by atoms with Gasteiger partial charge in [0.25, 0.3) is 0 Å². The molecule has 0 spiro atoms. The lowest BCUT2D eigenvalue weighted by Gasteiger charge is -2.05. The number of aromatic nitrogens is 2. The summed E-state index contributed by atoms with van der Waals surface area (Å²) < 4.78 is 7.55. The zero-order valence-corrected chi connectivity index (χ0v) is 10.1. The Labute approximate surface area is 100 Å². The van der Waals surface area contributed by atoms with Crippen LogP contribution in [0.15, 0.2) is 24.3 Å². The van der Waals surface area contributed by atoms with Crippen molar-refractivity contribution in [2.24, 2.45) is 7.05 Å². The topological polar surface area (TPSA) is 50.8 Å². The molecule has 0 unspecified atom stereocenters. The van der Waals surface area contributed by atoms with Crippen LogP contribution in [0.4, 0.5) is 0 Å². The molecule has 0 saturated carbocycles. The molecule has 0 fully saturated rings. The molecule has 0 amide bonds. The van der Waals surface area contributed by atoms with Gasteiger partial charge in [-0.1, -0.05) is 0 Å². The molecular weight excluding hydrogens is 214 g/mol. The number of aryl methyl sites for hydroxylation is 2. The molecule has 17 heavy (non-hydrogen) atoms.